The molecule has 58 valence electrons. The summed E-state index contributed by atoms with van der Waals surface area (Å²) in [5, 5.41) is 10.4. The molecule has 0 saturated carbocycles. The molecule has 11 heavy (non-hydrogen) atoms. The largest absolute Gasteiger partial charge is 0.870 e. The van der Waals surface area contributed by atoms with Crippen molar-refractivity contribution < 1.29 is 18.7 Å². The van der Waals surface area contributed by atoms with Crippen LogP contribution in [0.15, 0.2) is 12.1 Å². The van der Waals surface area contributed by atoms with Crippen molar-refractivity contribution in [2.24, 2.45) is 0 Å². The molecule has 0 aromatic heterocycles. The third-order valence-corrected chi connectivity index (χ3v) is 1.18. The Morgan fingerprint density at radius 3 is 2.45 bits per heavy atom. The summed E-state index contributed by atoms with van der Waals surface area (Å²) in [5.41, 5.74) is -0.442. The summed E-state index contributed by atoms with van der Waals surface area (Å²) < 4.78 is 24.7. The number of carbonyl (C=O) groups is 1. The molecular formula is C7H3F2O2-. The Hall–Kier alpha value is -1.45. The van der Waals surface area contributed by atoms with Crippen LogP contribution >= 0.6 is 0 Å². The summed E-state index contributed by atoms with van der Waals surface area (Å²) in [4.78, 5) is 9.98. The van der Waals surface area contributed by atoms with Crippen molar-refractivity contribution >= 4 is 6.29 Å². The van der Waals surface area contributed by atoms with Gasteiger partial charge in [0.05, 0.1) is 5.56 Å². The first kappa shape index (κ1) is 7.65. The molecule has 0 aliphatic rings. The molecule has 0 spiro atoms. The van der Waals surface area contributed by atoms with Gasteiger partial charge >= 0.3 is 0 Å². The van der Waals surface area contributed by atoms with Gasteiger partial charge in [-0.1, -0.05) is 5.75 Å². The molecular weight excluding hydrogens is 154 g/mol. The van der Waals surface area contributed by atoms with E-state index < -0.39 is 22.9 Å². The fourth-order valence-electron chi connectivity index (χ4n) is 0.634. The minimum Gasteiger partial charge on any atom is -0.870 e. The summed E-state index contributed by atoms with van der Waals surface area (Å²) in [5.74, 6) is -3.16. The first-order valence-electron chi connectivity index (χ1n) is 2.76. The van der Waals surface area contributed by atoms with Crippen molar-refractivity contribution in [1.29, 1.82) is 0 Å². The molecule has 0 unspecified atom stereocenters. The van der Waals surface area contributed by atoms with Crippen LogP contribution in [-0.2, 0) is 0 Å². The smallest absolute Gasteiger partial charge is 0.153 e. The number of benzene rings is 1. The van der Waals surface area contributed by atoms with Crippen molar-refractivity contribution in [2.75, 3.05) is 0 Å². The number of carbonyl (C=O) groups excluding carboxylic acids is 1. The summed E-state index contributed by atoms with van der Waals surface area (Å²) in [6.45, 7) is 0. The topological polar surface area (TPSA) is 40.1 Å². The maximum Gasteiger partial charge on any atom is 0.153 e. The maximum atomic E-state index is 12.4. The van der Waals surface area contributed by atoms with E-state index in [0.717, 1.165) is 0 Å². The zero-order chi connectivity index (χ0) is 8.43. The van der Waals surface area contributed by atoms with E-state index in [1.165, 1.54) is 0 Å². The Kier molecular flexibility index (Phi) is 1.85. The molecule has 1 rings (SSSR count). The minimum absolute atomic E-state index is 0.151. The van der Waals surface area contributed by atoms with Gasteiger partial charge < -0.3 is 5.11 Å². The highest BCUT2D eigenvalue weighted by molar-refractivity contribution is 5.75. The van der Waals surface area contributed by atoms with Gasteiger partial charge in [0.1, 0.15) is 11.6 Å². The highest BCUT2D eigenvalue weighted by atomic mass is 19.1. The first-order valence-corrected chi connectivity index (χ1v) is 2.76. The molecule has 0 fully saturated rings. The molecule has 0 bridgehead atoms. The lowest BCUT2D eigenvalue weighted by atomic mass is 10.2. The first-order chi connectivity index (χ1) is 5.15. The summed E-state index contributed by atoms with van der Waals surface area (Å²) in [6, 6.07) is 1.02. The number of aldehydes is 1. The van der Waals surface area contributed by atoms with Crippen molar-refractivity contribution in [3.05, 3.63) is 29.3 Å². The van der Waals surface area contributed by atoms with Gasteiger partial charge in [-0.15, -0.1) is 0 Å². The number of halogens is 2. The van der Waals surface area contributed by atoms with Gasteiger partial charge in [0.2, 0.25) is 0 Å². The number of rotatable bonds is 1. The normalized spacial score (nSPS) is 9.64. The molecule has 1 aromatic rings. The second-order valence-corrected chi connectivity index (χ2v) is 1.92. The molecule has 0 aliphatic heterocycles. The van der Waals surface area contributed by atoms with Crippen LogP contribution in [0, 0.1) is 11.6 Å². The second kappa shape index (κ2) is 2.65. The quantitative estimate of drug-likeness (QED) is 0.567. The van der Waals surface area contributed by atoms with Crippen LogP contribution in [0.1, 0.15) is 10.4 Å². The van der Waals surface area contributed by atoms with Crippen LogP contribution in [-0.4, -0.2) is 6.29 Å². The molecule has 1 aromatic carbocycles. The van der Waals surface area contributed by atoms with Gasteiger partial charge in [-0.25, -0.2) is 8.78 Å². The third-order valence-electron chi connectivity index (χ3n) is 1.18. The Bertz CT molecular complexity index is 297. The fraction of sp³-hybridized carbons (Fsp3) is 0. The predicted octanol–water partition coefficient (Wildman–Crippen LogP) is 0.851. The Morgan fingerprint density at radius 1 is 1.27 bits per heavy atom. The zero-order valence-corrected chi connectivity index (χ0v) is 5.30. The van der Waals surface area contributed by atoms with Gasteiger partial charge in [0.25, 0.3) is 0 Å². The SMILES string of the molecule is O=Cc1cc(F)c([O-])cc1F. The van der Waals surface area contributed by atoms with E-state index in [9.17, 15) is 18.7 Å². The molecule has 0 aliphatic carbocycles. The summed E-state index contributed by atoms with van der Waals surface area (Å²) in [6.07, 6.45) is 0.151. The van der Waals surface area contributed by atoms with Gasteiger partial charge in [0.15, 0.2) is 6.29 Å². The lowest BCUT2D eigenvalue weighted by Gasteiger charge is -2.06. The van der Waals surface area contributed by atoms with Crippen molar-refractivity contribution in [1.82, 2.24) is 0 Å². The van der Waals surface area contributed by atoms with Crippen LogP contribution < -0.4 is 5.11 Å². The standard InChI is InChI=1S/C7H4F2O2/c8-5-2-7(11)6(9)1-4(5)3-10/h1-3,11H/p-1. The third kappa shape index (κ3) is 1.34. The van der Waals surface area contributed by atoms with E-state index in [0.29, 0.717) is 12.1 Å². The fourth-order valence-corrected chi connectivity index (χ4v) is 0.634. The summed E-state index contributed by atoms with van der Waals surface area (Å²) >= 11 is 0. The van der Waals surface area contributed by atoms with Crippen molar-refractivity contribution in [3.63, 3.8) is 0 Å². The van der Waals surface area contributed by atoms with E-state index in [-0.39, 0.29) is 6.29 Å². The van der Waals surface area contributed by atoms with Gasteiger partial charge in [-0.2, -0.15) is 0 Å². The average molecular weight is 157 g/mol. The molecule has 0 N–H and O–H groups in total. The molecule has 0 heterocycles. The van der Waals surface area contributed by atoms with E-state index in [2.05, 4.69) is 0 Å². The number of hydrogen-bond acceptors (Lipinski definition) is 2. The minimum atomic E-state index is -1.12. The molecule has 0 radical (unpaired) electrons. The lowest BCUT2D eigenvalue weighted by molar-refractivity contribution is -0.272. The Morgan fingerprint density at radius 2 is 1.91 bits per heavy atom. The predicted molar refractivity (Wildman–Crippen MR) is 31.2 cm³/mol. The monoisotopic (exact) mass is 157 g/mol. The van der Waals surface area contributed by atoms with E-state index in [4.69, 9.17) is 0 Å². The average Bonchev–Trinajstić information content (AvgIpc) is 1.97. The Labute approximate surface area is 61.1 Å². The van der Waals surface area contributed by atoms with Gasteiger partial charge in [-0.05, 0) is 12.1 Å². The van der Waals surface area contributed by atoms with Gasteiger partial charge in [0, 0.05) is 0 Å². The van der Waals surface area contributed by atoms with Crippen LogP contribution in [0.3, 0.4) is 0 Å². The van der Waals surface area contributed by atoms with Crippen LogP contribution in [0.4, 0.5) is 8.78 Å². The van der Waals surface area contributed by atoms with Crippen molar-refractivity contribution in [2.45, 2.75) is 0 Å². The van der Waals surface area contributed by atoms with Crippen LogP contribution in [0.2, 0.25) is 0 Å². The molecule has 0 amide bonds. The van der Waals surface area contributed by atoms with Gasteiger partial charge in [-0.3, -0.25) is 4.79 Å². The van der Waals surface area contributed by atoms with E-state index in [1.807, 2.05) is 0 Å². The highest BCUT2D eigenvalue weighted by Gasteiger charge is 2.02. The van der Waals surface area contributed by atoms with E-state index in [1.54, 1.807) is 0 Å². The lowest BCUT2D eigenvalue weighted by Crippen LogP contribution is -1.98. The highest BCUT2D eigenvalue weighted by Crippen LogP contribution is 2.15. The molecule has 4 heteroatoms. The summed E-state index contributed by atoms with van der Waals surface area (Å²) in [7, 11) is 0. The number of hydrogen-bond donors (Lipinski definition) is 0. The zero-order valence-electron chi connectivity index (χ0n) is 5.30. The van der Waals surface area contributed by atoms with Crippen LogP contribution in [0.5, 0.6) is 5.75 Å². The van der Waals surface area contributed by atoms with E-state index >= 15 is 0 Å². The Balaban J connectivity index is 3.31. The molecule has 2 nitrogen and oxygen atoms in total. The van der Waals surface area contributed by atoms with Crippen molar-refractivity contribution in [3.8, 4) is 5.75 Å². The molecule has 0 atom stereocenters. The van der Waals surface area contributed by atoms with Crippen LogP contribution in [0.25, 0.3) is 0 Å². The maximum absolute atomic E-state index is 12.4. The molecule has 0 saturated heterocycles. The second-order valence-electron chi connectivity index (χ2n) is 1.92.